The molecule has 28 heavy (non-hydrogen) atoms. The van der Waals surface area contributed by atoms with Crippen LogP contribution in [-0.4, -0.2) is 38.4 Å². The zero-order chi connectivity index (χ0) is 20.4. The Morgan fingerprint density at radius 2 is 1.89 bits per heavy atom. The highest BCUT2D eigenvalue weighted by molar-refractivity contribution is 5.95. The maximum absolute atomic E-state index is 12.2. The topological polar surface area (TPSA) is 112 Å². The van der Waals surface area contributed by atoms with Gasteiger partial charge in [0.05, 0.1) is 13.3 Å². The number of hydrogen-bond donors (Lipinski definition) is 2. The Balaban J connectivity index is 1.95. The van der Waals surface area contributed by atoms with E-state index in [2.05, 4.69) is 17.1 Å². The van der Waals surface area contributed by atoms with Crippen LogP contribution in [0.25, 0.3) is 0 Å². The van der Waals surface area contributed by atoms with Gasteiger partial charge in [-0.1, -0.05) is 12.7 Å². The molecule has 0 bridgehead atoms. The van der Waals surface area contributed by atoms with E-state index >= 15 is 0 Å². The van der Waals surface area contributed by atoms with Crippen LogP contribution in [0.15, 0.2) is 60.2 Å². The standard InChI is InChI=1S/C20H21N3O5/c1-3-10-27-17-9-6-15(11-18(17)26-2)20(25)23-22-12-14-4-7-16(8-5-14)28-13-19(21)24/h3-9,11-12H,1,10,13H2,2H3,(H2,21,24)(H,23,25)/b22-12+. The quantitative estimate of drug-likeness (QED) is 0.370. The summed E-state index contributed by atoms with van der Waals surface area (Å²) in [6, 6.07) is 11.6. The van der Waals surface area contributed by atoms with Crippen molar-refractivity contribution in [2.45, 2.75) is 0 Å². The van der Waals surface area contributed by atoms with E-state index in [9.17, 15) is 9.59 Å². The van der Waals surface area contributed by atoms with Crippen LogP contribution in [0.3, 0.4) is 0 Å². The summed E-state index contributed by atoms with van der Waals surface area (Å²) in [6.07, 6.45) is 3.10. The van der Waals surface area contributed by atoms with Crippen molar-refractivity contribution in [3.8, 4) is 17.2 Å². The summed E-state index contributed by atoms with van der Waals surface area (Å²) < 4.78 is 15.8. The molecule has 0 unspecified atom stereocenters. The number of rotatable bonds is 10. The first-order chi connectivity index (χ1) is 13.5. The number of amides is 2. The molecule has 3 N–H and O–H groups in total. The summed E-state index contributed by atoms with van der Waals surface area (Å²) in [5.41, 5.74) is 8.56. The highest BCUT2D eigenvalue weighted by atomic mass is 16.5. The van der Waals surface area contributed by atoms with E-state index in [0.29, 0.717) is 29.4 Å². The number of primary amides is 1. The minimum absolute atomic E-state index is 0.190. The van der Waals surface area contributed by atoms with Crippen LogP contribution in [0.5, 0.6) is 17.2 Å². The molecule has 0 aromatic heterocycles. The Kier molecular flexibility index (Phi) is 7.59. The van der Waals surface area contributed by atoms with Gasteiger partial charge in [-0.25, -0.2) is 5.43 Å². The predicted octanol–water partition coefficient (Wildman–Crippen LogP) is 1.89. The molecule has 0 spiro atoms. The number of carbonyl (C=O) groups is 2. The van der Waals surface area contributed by atoms with Crippen molar-refractivity contribution >= 4 is 18.0 Å². The maximum Gasteiger partial charge on any atom is 0.271 e. The molecule has 0 fully saturated rings. The van der Waals surface area contributed by atoms with E-state index in [-0.39, 0.29) is 6.61 Å². The lowest BCUT2D eigenvalue weighted by Crippen LogP contribution is -2.20. The van der Waals surface area contributed by atoms with Crippen molar-refractivity contribution in [2.24, 2.45) is 10.8 Å². The Morgan fingerprint density at radius 1 is 1.14 bits per heavy atom. The molecule has 0 aliphatic heterocycles. The van der Waals surface area contributed by atoms with E-state index in [1.165, 1.54) is 13.3 Å². The number of nitrogens with two attached hydrogens (primary N) is 1. The average Bonchev–Trinajstić information content (AvgIpc) is 2.71. The zero-order valence-electron chi connectivity index (χ0n) is 15.4. The van der Waals surface area contributed by atoms with Gasteiger partial charge in [0, 0.05) is 5.56 Å². The first kappa shape index (κ1) is 20.5. The smallest absolute Gasteiger partial charge is 0.271 e. The van der Waals surface area contributed by atoms with Crippen molar-refractivity contribution in [1.29, 1.82) is 0 Å². The summed E-state index contributed by atoms with van der Waals surface area (Å²) in [5.74, 6) is 0.508. The van der Waals surface area contributed by atoms with Gasteiger partial charge in [0.1, 0.15) is 12.4 Å². The number of hydrazone groups is 1. The van der Waals surface area contributed by atoms with Crippen molar-refractivity contribution < 1.29 is 23.8 Å². The monoisotopic (exact) mass is 383 g/mol. The van der Waals surface area contributed by atoms with Crippen molar-refractivity contribution in [1.82, 2.24) is 5.43 Å². The second-order valence-electron chi connectivity index (χ2n) is 5.49. The van der Waals surface area contributed by atoms with Crippen molar-refractivity contribution in [2.75, 3.05) is 20.3 Å². The molecule has 0 atom stereocenters. The Labute approximate surface area is 162 Å². The molecule has 0 saturated heterocycles. The Morgan fingerprint density at radius 3 is 2.54 bits per heavy atom. The van der Waals surface area contributed by atoms with Crippen LogP contribution in [0.4, 0.5) is 0 Å². The highest BCUT2D eigenvalue weighted by Gasteiger charge is 2.10. The summed E-state index contributed by atoms with van der Waals surface area (Å²) in [6.45, 7) is 3.73. The van der Waals surface area contributed by atoms with Gasteiger partial charge < -0.3 is 19.9 Å². The number of nitrogens with one attached hydrogen (secondary N) is 1. The minimum Gasteiger partial charge on any atom is -0.493 e. The third-order valence-electron chi connectivity index (χ3n) is 3.42. The van der Waals surface area contributed by atoms with Gasteiger partial charge in [0.2, 0.25) is 0 Å². The lowest BCUT2D eigenvalue weighted by Gasteiger charge is -2.10. The van der Waals surface area contributed by atoms with Crippen LogP contribution in [0.1, 0.15) is 15.9 Å². The predicted molar refractivity (Wildman–Crippen MR) is 105 cm³/mol. The fraction of sp³-hybridized carbons (Fsp3) is 0.150. The van der Waals surface area contributed by atoms with Crippen LogP contribution >= 0.6 is 0 Å². The average molecular weight is 383 g/mol. The van der Waals surface area contributed by atoms with Gasteiger partial charge in [-0.3, -0.25) is 9.59 Å². The molecule has 146 valence electrons. The number of ether oxygens (including phenoxy) is 3. The van der Waals surface area contributed by atoms with E-state index in [1.807, 2.05) is 0 Å². The molecule has 2 rings (SSSR count). The van der Waals surface area contributed by atoms with Gasteiger partial charge in [-0.05, 0) is 48.0 Å². The van der Waals surface area contributed by atoms with Crippen LogP contribution < -0.4 is 25.4 Å². The summed E-state index contributed by atoms with van der Waals surface area (Å²) >= 11 is 0. The number of benzene rings is 2. The summed E-state index contributed by atoms with van der Waals surface area (Å²) in [7, 11) is 1.49. The Hall–Kier alpha value is -3.81. The molecular weight excluding hydrogens is 362 g/mol. The number of hydrogen-bond acceptors (Lipinski definition) is 6. The molecule has 2 aromatic carbocycles. The van der Waals surface area contributed by atoms with E-state index < -0.39 is 11.8 Å². The van der Waals surface area contributed by atoms with Crippen molar-refractivity contribution in [3.05, 3.63) is 66.2 Å². The van der Waals surface area contributed by atoms with Gasteiger partial charge >= 0.3 is 0 Å². The van der Waals surface area contributed by atoms with Crippen LogP contribution in [0.2, 0.25) is 0 Å². The highest BCUT2D eigenvalue weighted by Crippen LogP contribution is 2.28. The lowest BCUT2D eigenvalue weighted by atomic mass is 10.2. The largest absolute Gasteiger partial charge is 0.493 e. The Bertz CT molecular complexity index is 863. The molecule has 8 nitrogen and oxygen atoms in total. The SMILES string of the molecule is C=CCOc1ccc(C(=O)N/N=C/c2ccc(OCC(N)=O)cc2)cc1OC. The van der Waals surface area contributed by atoms with E-state index in [1.54, 1.807) is 48.5 Å². The van der Waals surface area contributed by atoms with Crippen molar-refractivity contribution in [3.63, 3.8) is 0 Å². The normalized spacial score (nSPS) is 10.3. The second kappa shape index (κ2) is 10.4. The minimum atomic E-state index is -0.551. The van der Waals surface area contributed by atoms with Gasteiger partial charge in [-0.15, -0.1) is 0 Å². The molecule has 2 amide bonds. The fourth-order valence-electron chi connectivity index (χ4n) is 2.11. The molecule has 0 aliphatic carbocycles. The maximum atomic E-state index is 12.2. The molecule has 0 saturated carbocycles. The molecule has 0 heterocycles. The van der Waals surface area contributed by atoms with Crippen LogP contribution in [-0.2, 0) is 4.79 Å². The lowest BCUT2D eigenvalue weighted by molar-refractivity contribution is -0.119. The first-order valence-corrected chi connectivity index (χ1v) is 8.29. The third-order valence-corrected chi connectivity index (χ3v) is 3.42. The van der Waals surface area contributed by atoms with E-state index in [4.69, 9.17) is 19.9 Å². The molecule has 0 radical (unpaired) electrons. The third kappa shape index (κ3) is 6.17. The van der Waals surface area contributed by atoms with Gasteiger partial charge in [0.25, 0.3) is 11.8 Å². The summed E-state index contributed by atoms with van der Waals surface area (Å²) in [5, 5.41) is 3.92. The van der Waals surface area contributed by atoms with Gasteiger partial charge in [0.15, 0.2) is 18.1 Å². The zero-order valence-corrected chi connectivity index (χ0v) is 15.4. The number of carbonyl (C=O) groups excluding carboxylic acids is 2. The molecular formula is C20H21N3O5. The number of methoxy groups -OCH3 is 1. The molecule has 8 heteroatoms. The fourth-order valence-corrected chi connectivity index (χ4v) is 2.11. The van der Waals surface area contributed by atoms with Gasteiger partial charge in [-0.2, -0.15) is 5.10 Å². The second-order valence-corrected chi connectivity index (χ2v) is 5.49. The number of nitrogens with zero attached hydrogens (tertiary/aromatic N) is 1. The molecule has 2 aromatic rings. The summed E-state index contributed by atoms with van der Waals surface area (Å²) in [4.78, 5) is 22.9. The van der Waals surface area contributed by atoms with E-state index in [0.717, 1.165) is 5.56 Å². The first-order valence-electron chi connectivity index (χ1n) is 8.29. The molecule has 0 aliphatic rings. The van der Waals surface area contributed by atoms with Crippen LogP contribution in [0, 0.1) is 0 Å².